The number of nitrogens with two attached hydrogens (primary N) is 1. The standard InChI is InChI=1S/C11H16N4O3/c1-11(5-2-6-18-11)7-13-10-8(15(16)17)3-4-9(12)14-10/h3-4H,2,5-7H2,1H3,(H3,12,13,14). The van der Waals surface area contributed by atoms with Crippen molar-refractivity contribution in [2.24, 2.45) is 0 Å². The summed E-state index contributed by atoms with van der Waals surface area (Å²) in [5.74, 6) is 0.442. The van der Waals surface area contributed by atoms with Crippen molar-refractivity contribution in [3.05, 3.63) is 22.2 Å². The molecule has 1 unspecified atom stereocenters. The van der Waals surface area contributed by atoms with Crippen molar-refractivity contribution in [3.63, 3.8) is 0 Å². The van der Waals surface area contributed by atoms with E-state index in [4.69, 9.17) is 10.5 Å². The maximum absolute atomic E-state index is 10.9. The van der Waals surface area contributed by atoms with E-state index in [9.17, 15) is 10.1 Å². The van der Waals surface area contributed by atoms with Gasteiger partial charge in [0.25, 0.3) is 0 Å². The quantitative estimate of drug-likeness (QED) is 0.622. The average molecular weight is 252 g/mol. The number of pyridine rings is 1. The first-order valence-electron chi connectivity index (χ1n) is 5.79. The Bertz CT molecular complexity index is 458. The minimum atomic E-state index is -0.480. The van der Waals surface area contributed by atoms with Crippen LogP contribution in [0.3, 0.4) is 0 Å². The van der Waals surface area contributed by atoms with E-state index in [1.54, 1.807) is 0 Å². The molecule has 1 aromatic heterocycles. The molecule has 18 heavy (non-hydrogen) atoms. The summed E-state index contributed by atoms with van der Waals surface area (Å²) in [6, 6.07) is 2.76. The highest BCUT2D eigenvalue weighted by atomic mass is 16.6. The molecule has 1 fully saturated rings. The van der Waals surface area contributed by atoms with Gasteiger partial charge in [-0.2, -0.15) is 0 Å². The Morgan fingerprint density at radius 1 is 1.67 bits per heavy atom. The van der Waals surface area contributed by atoms with Crippen molar-refractivity contribution in [3.8, 4) is 0 Å². The molecule has 3 N–H and O–H groups in total. The lowest BCUT2D eigenvalue weighted by molar-refractivity contribution is -0.384. The van der Waals surface area contributed by atoms with Gasteiger partial charge in [-0.1, -0.05) is 0 Å². The van der Waals surface area contributed by atoms with E-state index < -0.39 is 4.92 Å². The second-order valence-electron chi connectivity index (χ2n) is 4.62. The Labute approximate surface area is 104 Å². The van der Waals surface area contributed by atoms with Gasteiger partial charge in [0.05, 0.1) is 10.5 Å². The molecule has 1 aliphatic rings. The van der Waals surface area contributed by atoms with E-state index >= 15 is 0 Å². The Balaban J connectivity index is 2.12. The van der Waals surface area contributed by atoms with E-state index in [0.29, 0.717) is 6.54 Å². The van der Waals surface area contributed by atoms with Gasteiger partial charge < -0.3 is 15.8 Å². The highest BCUT2D eigenvalue weighted by Gasteiger charge is 2.30. The summed E-state index contributed by atoms with van der Waals surface area (Å²) in [6.45, 7) is 3.18. The fourth-order valence-electron chi connectivity index (χ4n) is 1.99. The van der Waals surface area contributed by atoms with Crippen LogP contribution in [0.25, 0.3) is 0 Å². The highest BCUT2D eigenvalue weighted by molar-refractivity contribution is 5.59. The van der Waals surface area contributed by atoms with Crippen molar-refractivity contribution in [2.45, 2.75) is 25.4 Å². The van der Waals surface area contributed by atoms with E-state index in [2.05, 4.69) is 10.3 Å². The first-order chi connectivity index (χ1) is 8.50. The normalized spacial score (nSPS) is 22.9. The first kappa shape index (κ1) is 12.6. The molecular weight excluding hydrogens is 236 g/mol. The lowest BCUT2D eigenvalue weighted by atomic mass is 10.0. The van der Waals surface area contributed by atoms with Crippen LogP contribution >= 0.6 is 0 Å². The Morgan fingerprint density at radius 3 is 3.06 bits per heavy atom. The van der Waals surface area contributed by atoms with Crippen LogP contribution in [-0.2, 0) is 4.74 Å². The smallest absolute Gasteiger partial charge is 0.311 e. The summed E-state index contributed by atoms with van der Waals surface area (Å²) in [7, 11) is 0. The van der Waals surface area contributed by atoms with E-state index in [-0.39, 0.29) is 22.9 Å². The van der Waals surface area contributed by atoms with Gasteiger partial charge in [-0.05, 0) is 25.8 Å². The number of anilines is 2. The zero-order valence-electron chi connectivity index (χ0n) is 10.2. The molecule has 0 saturated carbocycles. The Kier molecular flexibility index (Phi) is 3.33. The topological polar surface area (TPSA) is 103 Å². The first-order valence-corrected chi connectivity index (χ1v) is 5.79. The van der Waals surface area contributed by atoms with E-state index in [0.717, 1.165) is 19.4 Å². The average Bonchev–Trinajstić information content (AvgIpc) is 2.74. The molecule has 7 nitrogen and oxygen atoms in total. The summed E-state index contributed by atoms with van der Waals surface area (Å²) in [5, 5.41) is 13.8. The third kappa shape index (κ3) is 2.67. The molecule has 2 heterocycles. The maximum Gasteiger partial charge on any atom is 0.311 e. The number of nitrogens with one attached hydrogen (secondary N) is 1. The van der Waals surface area contributed by atoms with Crippen LogP contribution in [0.15, 0.2) is 12.1 Å². The van der Waals surface area contributed by atoms with Crippen LogP contribution in [0.1, 0.15) is 19.8 Å². The summed E-state index contributed by atoms with van der Waals surface area (Å²) >= 11 is 0. The van der Waals surface area contributed by atoms with Crippen molar-refractivity contribution in [2.75, 3.05) is 24.2 Å². The van der Waals surface area contributed by atoms with Gasteiger partial charge in [0.15, 0.2) is 0 Å². The van der Waals surface area contributed by atoms with Gasteiger partial charge in [0.1, 0.15) is 5.82 Å². The lowest BCUT2D eigenvalue weighted by Crippen LogP contribution is -2.33. The number of ether oxygens (including phenoxy) is 1. The second kappa shape index (κ2) is 4.77. The van der Waals surface area contributed by atoms with Gasteiger partial charge in [-0.3, -0.25) is 10.1 Å². The van der Waals surface area contributed by atoms with Gasteiger partial charge in [-0.15, -0.1) is 0 Å². The zero-order valence-corrected chi connectivity index (χ0v) is 10.2. The van der Waals surface area contributed by atoms with Crippen LogP contribution in [0, 0.1) is 10.1 Å². The third-order valence-corrected chi connectivity index (χ3v) is 3.02. The Hall–Kier alpha value is -1.89. The molecule has 0 aliphatic carbocycles. The molecule has 7 heteroatoms. The molecule has 0 radical (unpaired) electrons. The van der Waals surface area contributed by atoms with Crippen LogP contribution in [0.4, 0.5) is 17.3 Å². The number of rotatable bonds is 4. The van der Waals surface area contributed by atoms with Crippen LogP contribution in [0.2, 0.25) is 0 Å². The van der Waals surface area contributed by atoms with Crippen molar-refractivity contribution in [1.82, 2.24) is 4.98 Å². The minimum Gasteiger partial charge on any atom is -0.384 e. The molecule has 1 aliphatic heterocycles. The summed E-state index contributed by atoms with van der Waals surface area (Å²) in [6.07, 6.45) is 1.93. The highest BCUT2D eigenvalue weighted by Crippen LogP contribution is 2.28. The number of nitro groups is 1. The fraction of sp³-hybridized carbons (Fsp3) is 0.545. The van der Waals surface area contributed by atoms with Crippen LogP contribution < -0.4 is 11.1 Å². The van der Waals surface area contributed by atoms with E-state index in [1.807, 2.05) is 6.92 Å². The number of nitrogen functional groups attached to an aromatic ring is 1. The molecule has 1 saturated heterocycles. The van der Waals surface area contributed by atoms with Crippen molar-refractivity contribution < 1.29 is 9.66 Å². The molecule has 0 bridgehead atoms. The monoisotopic (exact) mass is 252 g/mol. The SMILES string of the molecule is CC1(CNc2nc(N)ccc2[N+](=O)[O-])CCCO1. The number of aromatic nitrogens is 1. The molecule has 2 rings (SSSR count). The molecular formula is C11H16N4O3. The summed E-state index contributed by atoms with van der Waals surface area (Å²) in [4.78, 5) is 14.3. The number of hydrogen-bond donors (Lipinski definition) is 2. The fourth-order valence-corrected chi connectivity index (χ4v) is 1.99. The van der Waals surface area contributed by atoms with Crippen LogP contribution in [-0.4, -0.2) is 28.7 Å². The molecule has 98 valence electrons. The van der Waals surface area contributed by atoms with Crippen LogP contribution in [0.5, 0.6) is 0 Å². The maximum atomic E-state index is 10.9. The second-order valence-corrected chi connectivity index (χ2v) is 4.62. The van der Waals surface area contributed by atoms with Gasteiger partial charge >= 0.3 is 5.69 Å². The number of hydrogen-bond acceptors (Lipinski definition) is 6. The van der Waals surface area contributed by atoms with Gasteiger partial charge in [0, 0.05) is 19.2 Å². The third-order valence-electron chi connectivity index (χ3n) is 3.02. The molecule has 0 aromatic carbocycles. The molecule has 1 atom stereocenters. The summed E-state index contributed by atoms with van der Waals surface area (Å²) in [5.41, 5.74) is 5.17. The van der Waals surface area contributed by atoms with Gasteiger partial charge in [0.2, 0.25) is 5.82 Å². The summed E-state index contributed by atoms with van der Waals surface area (Å²) < 4.78 is 5.60. The zero-order chi connectivity index (χ0) is 13.2. The largest absolute Gasteiger partial charge is 0.384 e. The minimum absolute atomic E-state index is 0.0780. The number of nitrogens with zero attached hydrogens (tertiary/aromatic N) is 2. The predicted molar refractivity (Wildman–Crippen MR) is 67.4 cm³/mol. The van der Waals surface area contributed by atoms with Crippen molar-refractivity contribution in [1.29, 1.82) is 0 Å². The van der Waals surface area contributed by atoms with Crippen molar-refractivity contribution >= 4 is 17.3 Å². The van der Waals surface area contributed by atoms with E-state index in [1.165, 1.54) is 12.1 Å². The molecule has 0 amide bonds. The van der Waals surface area contributed by atoms with Gasteiger partial charge in [-0.25, -0.2) is 4.98 Å². The predicted octanol–water partition coefficient (Wildman–Crippen LogP) is 1.55. The molecule has 1 aromatic rings. The Morgan fingerprint density at radius 2 is 2.44 bits per heavy atom. The lowest BCUT2D eigenvalue weighted by Gasteiger charge is -2.23. The molecule has 0 spiro atoms.